The molecule has 0 aliphatic rings. The molecule has 1 aromatic heterocycles. The van der Waals surface area contributed by atoms with Gasteiger partial charge in [-0.2, -0.15) is 0 Å². The summed E-state index contributed by atoms with van der Waals surface area (Å²) in [5, 5.41) is 12.1. The molecule has 1 unspecified atom stereocenters. The average molecular weight is 284 g/mol. The summed E-state index contributed by atoms with van der Waals surface area (Å²) in [6.07, 6.45) is 1.01. The fraction of sp³-hybridized carbons (Fsp3) is 0.118. The number of pyridine rings is 1. The maximum atomic E-state index is 10.5. The van der Waals surface area contributed by atoms with E-state index in [9.17, 15) is 5.11 Å². The topological polar surface area (TPSA) is 33.1 Å². The Kier molecular flexibility index (Phi) is 3.43. The third kappa shape index (κ3) is 2.40. The van der Waals surface area contributed by atoms with Crippen molar-refractivity contribution in [1.29, 1.82) is 0 Å². The second-order valence-corrected chi connectivity index (χ2v) is 5.29. The van der Waals surface area contributed by atoms with Crippen LogP contribution < -0.4 is 0 Å². The fourth-order valence-corrected chi connectivity index (χ4v) is 2.63. The Morgan fingerprint density at radius 1 is 1.10 bits per heavy atom. The lowest BCUT2D eigenvalue weighted by Gasteiger charge is -2.14. The van der Waals surface area contributed by atoms with Crippen molar-refractivity contribution in [2.24, 2.45) is 0 Å². The van der Waals surface area contributed by atoms with Crippen LogP contribution in [-0.4, -0.2) is 10.1 Å². The number of aliphatic hydroxyl groups excluding tert-OH is 1. The van der Waals surface area contributed by atoms with Crippen molar-refractivity contribution in [3.05, 3.63) is 76.4 Å². The zero-order chi connectivity index (χ0) is 14.1. The predicted octanol–water partition coefficient (Wildman–Crippen LogP) is 4.28. The Labute approximate surface area is 122 Å². The molecule has 2 nitrogen and oxygen atoms in total. The van der Waals surface area contributed by atoms with E-state index in [1.54, 1.807) is 6.20 Å². The predicted molar refractivity (Wildman–Crippen MR) is 82.0 cm³/mol. The van der Waals surface area contributed by atoms with E-state index in [2.05, 4.69) is 4.98 Å². The lowest BCUT2D eigenvalue weighted by atomic mass is 9.99. The molecule has 0 spiro atoms. The van der Waals surface area contributed by atoms with Crippen LogP contribution in [0.3, 0.4) is 0 Å². The maximum Gasteiger partial charge on any atom is 0.106 e. The zero-order valence-electron chi connectivity index (χ0n) is 11.0. The highest BCUT2D eigenvalue weighted by Gasteiger charge is 2.14. The quantitative estimate of drug-likeness (QED) is 0.761. The number of fused-ring (bicyclic) bond motifs is 1. The number of benzene rings is 2. The first-order valence-electron chi connectivity index (χ1n) is 6.44. The molecule has 0 radical (unpaired) electrons. The van der Waals surface area contributed by atoms with Gasteiger partial charge in [0, 0.05) is 22.2 Å². The molecule has 0 amide bonds. The molecular weight excluding hydrogens is 270 g/mol. The minimum absolute atomic E-state index is 0.582. The molecule has 3 aromatic rings. The van der Waals surface area contributed by atoms with Crippen molar-refractivity contribution in [2.75, 3.05) is 0 Å². The van der Waals surface area contributed by atoms with Crippen LogP contribution in [0.2, 0.25) is 5.02 Å². The highest BCUT2D eigenvalue weighted by molar-refractivity contribution is 6.31. The van der Waals surface area contributed by atoms with E-state index in [1.807, 2.05) is 55.5 Å². The average Bonchev–Trinajstić information content (AvgIpc) is 2.46. The number of aromatic nitrogens is 1. The van der Waals surface area contributed by atoms with Gasteiger partial charge < -0.3 is 5.11 Å². The first-order valence-corrected chi connectivity index (χ1v) is 6.82. The van der Waals surface area contributed by atoms with E-state index in [1.165, 1.54) is 0 Å². The molecule has 0 saturated heterocycles. The first-order chi connectivity index (χ1) is 9.65. The van der Waals surface area contributed by atoms with Crippen molar-refractivity contribution in [1.82, 2.24) is 4.98 Å². The number of nitrogens with zero attached hydrogens (tertiary/aromatic N) is 1. The minimum Gasteiger partial charge on any atom is -0.384 e. The molecule has 0 aliphatic heterocycles. The summed E-state index contributed by atoms with van der Waals surface area (Å²) in [7, 11) is 0. The first kappa shape index (κ1) is 13.1. The SMILES string of the molecule is Cc1ccc(C(O)c2ccc3cccnc3c2)c(Cl)c1. The minimum atomic E-state index is -0.741. The summed E-state index contributed by atoms with van der Waals surface area (Å²) < 4.78 is 0. The lowest BCUT2D eigenvalue weighted by Crippen LogP contribution is -2.01. The van der Waals surface area contributed by atoms with Gasteiger partial charge in [-0.15, -0.1) is 0 Å². The molecule has 3 heteroatoms. The monoisotopic (exact) mass is 283 g/mol. The molecule has 1 N–H and O–H groups in total. The van der Waals surface area contributed by atoms with Gasteiger partial charge in [-0.25, -0.2) is 0 Å². The lowest BCUT2D eigenvalue weighted by molar-refractivity contribution is 0.220. The van der Waals surface area contributed by atoms with Crippen LogP contribution >= 0.6 is 11.6 Å². The number of aryl methyl sites for hydroxylation is 1. The molecule has 0 aliphatic carbocycles. The molecule has 0 saturated carbocycles. The van der Waals surface area contributed by atoms with Gasteiger partial charge in [0.15, 0.2) is 0 Å². The maximum absolute atomic E-state index is 10.5. The van der Waals surface area contributed by atoms with E-state index in [-0.39, 0.29) is 0 Å². The summed E-state index contributed by atoms with van der Waals surface area (Å²) in [5.41, 5.74) is 3.45. The van der Waals surface area contributed by atoms with Gasteiger partial charge in [0.1, 0.15) is 6.10 Å². The fourth-order valence-electron chi connectivity index (χ4n) is 2.29. The standard InChI is InChI=1S/C17H14ClNO/c1-11-4-7-14(15(18)9-11)17(20)13-6-5-12-3-2-8-19-16(12)10-13/h2-10,17,20H,1H3. The number of hydrogen-bond donors (Lipinski definition) is 1. The van der Waals surface area contributed by atoms with Crippen molar-refractivity contribution in [3.63, 3.8) is 0 Å². The smallest absolute Gasteiger partial charge is 0.106 e. The Morgan fingerprint density at radius 3 is 2.75 bits per heavy atom. The summed E-state index contributed by atoms with van der Waals surface area (Å²) >= 11 is 6.22. The van der Waals surface area contributed by atoms with Gasteiger partial charge in [-0.3, -0.25) is 4.98 Å². The summed E-state index contributed by atoms with van der Waals surface area (Å²) in [5.74, 6) is 0. The van der Waals surface area contributed by atoms with Crippen LogP contribution in [0.4, 0.5) is 0 Å². The molecule has 1 heterocycles. The van der Waals surface area contributed by atoms with Gasteiger partial charge in [0.2, 0.25) is 0 Å². The Hall–Kier alpha value is -1.90. The van der Waals surface area contributed by atoms with E-state index >= 15 is 0 Å². The van der Waals surface area contributed by atoms with Crippen molar-refractivity contribution >= 4 is 22.5 Å². The third-order valence-corrected chi connectivity index (χ3v) is 3.72. The molecule has 3 rings (SSSR count). The molecule has 2 aromatic carbocycles. The van der Waals surface area contributed by atoms with Crippen molar-refractivity contribution < 1.29 is 5.11 Å². The Balaban J connectivity index is 2.05. The second kappa shape index (κ2) is 5.23. The van der Waals surface area contributed by atoms with Crippen LogP contribution in [0, 0.1) is 6.92 Å². The molecule has 20 heavy (non-hydrogen) atoms. The molecule has 0 bridgehead atoms. The van der Waals surface area contributed by atoms with E-state index in [0.29, 0.717) is 10.6 Å². The van der Waals surface area contributed by atoms with Gasteiger partial charge in [0.05, 0.1) is 5.52 Å². The highest BCUT2D eigenvalue weighted by Crippen LogP contribution is 2.30. The van der Waals surface area contributed by atoms with Crippen molar-refractivity contribution in [3.8, 4) is 0 Å². The number of rotatable bonds is 2. The number of aliphatic hydroxyl groups is 1. The summed E-state index contributed by atoms with van der Waals surface area (Å²) in [6, 6.07) is 15.3. The summed E-state index contributed by atoms with van der Waals surface area (Å²) in [4.78, 5) is 4.31. The largest absolute Gasteiger partial charge is 0.384 e. The van der Waals surface area contributed by atoms with Gasteiger partial charge in [0.25, 0.3) is 0 Å². The van der Waals surface area contributed by atoms with Crippen LogP contribution in [0.15, 0.2) is 54.7 Å². The molecular formula is C17H14ClNO. The second-order valence-electron chi connectivity index (χ2n) is 4.88. The summed E-state index contributed by atoms with van der Waals surface area (Å²) in [6.45, 7) is 1.97. The van der Waals surface area contributed by atoms with E-state index in [0.717, 1.165) is 22.0 Å². The molecule has 0 fully saturated rings. The van der Waals surface area contributed by atoms with Gasteiger partial charge >= 0.3 is 0 Å². The van der Waals surface area contributed by atoms with Gasteiger partial charge in [-0.1, -0.05) is 41.9 Å². The van der Waals surface area contributed by atoms with Crippen molar-refractivity contribution in [2.45, 2.75) is 13.0 Å². The van der Waals surface area contributed by atoms with Crippen LogP contribution in [0.5, 0.6) is 0 Å². The number of halogens is 1. The Bertz CT molecular complexity index is 770. The molecule has 100 valence electrons. The zero-order valence-corrected chi connectivity index (χ0v) is 11.8. The number of hydrogen-bond acceptors (Lipinski definition) is 2. The highest BCUT2D eigenvalue weighted by atomic mass is 35.5. The Morgan fingerprint density at radius 2 is 1.95 bits per heavy atom. The van der Waals surface area contributed by atoms with Crippen LogP contribution in [0.25, 0.3) is 10.9 Å². The van der Waals surface area contributed by atoms with Crippen LogP contribution in [-0.2, 0) is 0 Å². The van der Waals surface area contributed by atoms with Gasteiger partial charge in [-0.05, 0) is 36.2 Å². The van der Waals surface area contributed by atoms with Crippen LogP contribution in [0.1, 0.15) is 22.8 Å². The van der Waals surface area contributed by atoms with E-state index in [4.69, 9.17) is 11.6 Å². The van der Waals surface area contributed by atoms with E-state index < -0.39 is 6.10 Å². The third-order valence-electron chi connectivity index (χ3n) is 3.40. The normalized spacial score (nSPS) is 12.6. The molecule has 1 atom stereocenters.